The minimum absolute atomic E-state index is 0.0598. The maximum absolute atomic E-state index is 11.8. The Labute approximate surface area is 129 Å². The molecule has 1 aromatic carbocycles. The molecule has 0 fully saturated rings. The maximum Gasteiger partial charge on any atom is 0.321 e. The Morgan fingerprint density at radius 2 is 1.64 bits per heavy atom. The first-order valence-electron chi connectivity index (χ1n) is 7.21. The zero-order valence-electron chi connectivity index (χ0n) is 13.0. The summed E-state index contributed by atoms with van der Waals surface area (Å²) in [5.41, 5.74) is 1.41. The molecule has 1 atom stereocenters. The van der Waals surface area contributed by atoms with Crippen LogP contribution in [0.1, 0.15) is 27.2 Å². The van der Waals surface area contributed by atoms with Gasteiger partial charge in [-0.3, -0.25) is 14.9 Å². The fraction of sp³-hybridized carbons (Fsp3) is 0.400. The van der Waals surface area contributed by atoms with E-state index in [4.69, 9.17) is 0 Å². The number of carbonyl (C=O) groups is 3. The van der Waals surface area contributed by atoms with Crippen LogP contribution in [0.4, 0.5) is 16.2 Å². The van der Waals surface area contributed by atoms with Crippen molar-refractivity contribution in [2.45, 2.75) is 33.2 Å². The summed E-state index contributed by atoms with van der Waals surface area (Å²) in [6.07, 6.45) is 0.414. The second-order valence-electron chi connectivity index (χ2n) is 4.69. The molecule has 0 heterocycles. The van der Waals surface area contributed by atoms with Crippen molar-refractivity contribution in [3.8, 4) is 0 Å². The smallest absolute Gasteiger partial charge is 0.321 e. The minimum Gasteiger partial charge on any atom is -0.374 e. The van der Waals surface area contributed by atoms with E-state index in [1.807, 2.05) is 0 Å². The maximum atomic E-state index is 11.8. The lowest BCUT2D eigenvalue weighted by Crippen LogP contribution is -2.45. The molecule has 4 amide bonds. The molecule has 1 rings (SSSR count). The van der Waals surface area contributed by atoms with E-state index in [-0.39, 0.29) is 5.91 Å². The van der Waals surface area contributed by atoms with Crippen molar-refractivity contribution in [2.24, 2.45) is 0 Å². The van der Waals surface area contributed by atoms with E-state index in [0.717, 1.165) is 0 Å². The summed E-state index contributed by atoms with van der Waals surface area (Å²) < 4.78 is 0. The van der Waals surface area contributed by atoms with Gasteiger partial charge in [0, 0.05) is 24.3 Å². The van der Waals surface area contributed by atoms with Gasteiger partial charge in [0.05, 0.1) is 0 Å². The zero-order valence-corrected chi connectivity index (χ0v) is 13.0. The number of hydrogen-bond donors (Lipinski definition) is 4. The van der Waals surface area contributed by atoms with Crippen molar-refractivity contribution in [1.82, 2.24) is 10.6 Å². The molecule has 0 bridgehead atoms. The lowest BCUT2D eigenvalue weighted by atomic mass is 10.2. The van der Waals surface area contributed by atoms with Crippen LogP contribution < -0.4 is 21.3 Å². The summed E-state index contributed by atoms with van der Waals surface area (Å²) in [6.45, 7) is 5.65. The normalized spacial score (nSPS) is 11.2. The Morgan fingerprint density at radius 3 is 2.18 bits per heavy atom. The third kappa shape index (κ3) is 5.82. The van der Waals surface area contributed by atoms with Gasteiger partial charge in [-0.05, 0) is 38.1 Å². The van der Waals surface area contributed by atoms with Gasteiger partial charge < -0.3 is 16.0 Å². The van der Waals surface area contributed by atoms with E-state index in [1.165, 1.54) is 0 Å². The van der Waals surface area contributed by atoms with E-state index < -0.39 is 18.0 Å². The summed E-state index contributed by atoms with van der Waals surface area (Å²) in [4.78, 5) is 34.3. The summed E-state index contributed by atoms with van der Waals surface area (Å²) >= 11 is 0. The Balaban J connectivity index is 2.53. The second kappa shape index (κ2) is 8.66. The molecule has 22 heavy (non-hydrogen) atoms. The van der Waals surface area contributed by atoms with E-state index in [1.54, 1.807) is 45.0 Å². The van der Waals surface area contributed by atoms with Gasteiger partial charge in [-0.2, -0.15) is 0 Å². The van der Waals surface area contributed by atoms with Crippen LogP contribution in [0, 0.1) is 0 Å². The molecule has 7 heteroatoms. The van der Waals surface area contributed by atoms with Crippen LogP contribution in [0.5, 0.6) is 0 Å². The van der Waals surface area contributed by atoms with E-state index in [9.17, 15) is 14.4 Å². The summed E-state index contributed by atoms with van der Waals surface area (Å²) in [7, 11) is 0. The average Bonchev–Trinajstić information content (AvgIpc) is 2.49. The predicted molar refractivity (Wildman–Crippen MR) is 85.7 cm³/mol. The first kappa shape index (κ1) is 17.5. The lowest BCUT2D eigenvalue weighted by molar-refractivity contribution is -0.120. The number of imide groups is 1. The van der Waals surface area contributed by atoms with Crippen LogP contribution in [0.3, 0.4) is 0 Å². The summed E-state index contributed by atoms with van der Waals surface area (Å²) in [5.74, 6) is -0.482. The number of nitrogens with one attached hydrogen (secondary N) is 4. The van der Waals surface area contributed by atoms with Gasteiger partial charge in [0.15, 0.2) is 0 Å². The van der Waals surface area contributed by atoms with Gasteiger partial charge >= 0.3 is 6.03 Å². The van der Waals surface area contributed by atoms with E-state index in [2.05, 4.69) is 21.3 Å². The summed E-state index contributed by atoms with van der Waals surface area (Å²) in [6, 6.07) is 5.90. The highest BCUT2D eigenvalue weighted by molar-refractivity contribution is 5.98. The van der Waals surface area contributed by atoms with Crippen LogP contribution in [-0.2, 0) is 9.59 Å². The quantitative estimate of drug-likeness (QED) is 0.642. The lowest BCUT2D eigenvalue weighted by Gasteiger charge is -2.15. The van der Waals surface area contributed by atoms with Crippen molar-refractivity contribution in [2.75, 3.05) is 17.2 Å². The fourth-order valence-electron chi connectivity index (χ4n) is 1.64. The van der Waals surface area contributed by atoms with Gasteiger partial charge in [-0.25, -0.2) is 4.79 Å². The highest BCUT2D eigenvalue weighted by Gasteiger charge is 2.15. The highest BCUT2D eigenvalue weighted by atomic mass is 16.2. The van der Waals surface area contributed by atoms with Gasteiger partial charge in [-0.15, -0.1) is 0 Å². The molecule has 1 aromatic rings. The summed E-state index contributed by atoms with van der Waals surface area (Å²) in [5, 5.41) is 10.4. The van der Waals surface area contributed by atoms with Crippen molar-refractivity contribution in [1.29, 1.82) is 0 Å². The number of carbonyl (C=O) groups excluding carboxylic acids is 3. The molecule has 0 radical (unpaired) electrons. The van der Waals surface area contributed by atoms with Gasteiger partial charge in [0.2, 0.25) is 11.8 Å². The molecule has 0 saturated heterocycles. The van der Waals surface area contributed by atoms with Crippen molar-refractivity contribution >= 4 is 29.2 Å². The Morgan fingerprint density at radius 1 is 1.05 bits per heavy atom. The number of rotatable bonds is 6. The molecule has 7 nitrogen and oxygen atoms in total. The molecular weight excluding hydrogens is 284 g/mol. The van der Waals surface area contributed by atoms with E-state index >= 15 is 0 Å². The predicted octanol–water partition coefficient (Wildman–Crippen LogP) is 1.68. The number of anilines is 2. The molecule has 0 aromatic heterocycles. The Bertz CT molecular complexity index is 528. The molecule has 120 valence electrons. The van der Waals surface area contributed by atoms with Crippen LogP contribution >= 0.6 is 0 Å². The molecule has 4 N–H and O–H groups in total. The van der Waals surface area contributed by atoms with Gasteiger partial charge in [0.25, 0.3) is 0 Å². The topological polar surface area (TPSA) is 99.3 Å². The number of benzene rings is 1. The first-order valence-corrected chi connectivity index (χ1v) is 7.21. The van der Waals surface area contributed by atoms with Crippen LogP contribution in [0.15, 0.2) is 24.3 Å². The van der Waals surface area contributed by atoms with Crippen molar-refractivity contribution < 1.29 is 14.4 Å². The monoisotopic (exact) mass is 306 g/mol. The number of hydrogen-bond acceptors (Lipinski definition) is 4. The van der Waals surface area contributed by atoms with Crippen molar-refractivity contribution in [3.63, 3.8) is 0 Å². The SMILES string of the molecule is CCNC(=O)NC(=O)[C@@H](C)Nc1ccc(NC(=O)CC)cc1. The molecule has 0 saturated carbocycles. The molecule has 0 unspecified atom stereocenters. The molecular formula is C15H22N4O3. The number of amides is 4. The minimum atomic E-state index is -0.571. The van der Waals surface area contributed by atoms with Crippen LogP contribution in [-0.4, -0.2) is 30.4 Å². The molecule has 0 aliphatic carbocycles. The Hall–Kier alpha value is -2.57. The standard InChI is InChI=1S/C15H22N4O3/c1-4-13(20)18-12-8-6-11(7-9-12)17-10(3)14(21)19-15(22)16-5-2/h6-10,17H,4-5H2,1-3H3,(H,18,20)(H2,16,19,21,22)/t10-/m1/s1. The Kier molecular flexibility index (Phi) is 6.88. The van der Waals surface area contributed by atoms with E-state index in [0.29, 0.717) is 24.3 Å². The van der Waals surface area contributed by atoms with Crippen LogP contribution in [0.2, 0.25) is 0 Å². The van der Waals surface area contributed by atoms with Crippen LogP contribution in [0.25, 0.3) is 0 Å². The number of urea groups is 1. The zero-order chi connectivity index (χ0) is 16.5. The van der Waals surface area contributed by atoms with Gasteiger partial charge in [0.1, 0.15) is 6.04 Å². The van der Waals surface area contributed by atoms with Crippen molar-refractivity contribution in [3.05, 3.63) is 24.3 Å². The third-order valence-electron chi connectivity index (χ3n) is 2.84. The third-order valence-corrected chi connectivity index (χ3v) is 2.84. The molecule has 0 spiro atoms. The molecule has 0 aliphatic rings. The first-order chi connectivity index (χ1) is 10.5. The highest BCUT2D eigenvalue weighted by Crippen LogP contribution is 2.14. The molecule has 0 aliphatic heterocycles. The second-order valence-corrected chi connectivity index (χ2v) is 4.69. The average molecular weight is 306 g/mol. The largest absolute Gasteiger partial charge is 0.374 e. The fourth-order valence-corrected chi connectivity index (χ4v) is 1.64. The van der Waals surface area contributed by atoms with Gasteiger partial charge in [-0.1, -0.05) is 6.92 Å².